The zero-order valence-corrected chi connectivity index (χ0v) is 7.30. The van der Waals surface area contributed by atoms with Crippen molar-refractivity contribution in [2.24, 2.45) is 5.73 Å². The van der Waals surface area contributed by atoms with Gasteiger partial charge in [-0.3, -0.25) is 4.79 Å². The number of esters is 1. The molecule has 1 unspecified atom stereocenters. The topological polar surface area (TPSA) is 52.3 Å². The van der Waals surface area contributed by atoms with E-state index in [2.05, 4.69) is 0 Å². The average Bonchev–Trinajstić information content (AvgIpc) is 2.00. The Kier molecular flexibility index (Phi) is 5.84. The number of nitrogens with two attached hydrogens (primary N) is 1. The van der Waals surface area contributed by atoms with Gasteiger partial charge in [0, 0.05) is 0 Å². The quantitative estimate of drug-likeness (QED) is 0.610. The van der Waals surface area contributed by atoms with E-state index in [1.807, 2.05) is 13.8 Å². The second-order valence-corrected chi connectivity index (χ2v) is 2.56. The van der Waals surface area contributed by atoms with E-state index < -0.39 is 6.04 Å². The van der Waals surface area contributed by atoms with Crippen LogP contribution in [0.1, 0.15) is 33.1 Å². The molecule has 0 saturated carbocycles. The molecular formula is C8H17NO2. The van der Waals surface area contributed by atoms with Crippen molar-refractivity contribution in [2.75, 3.05) is 6.61 Å². The third-order valence-corrected chi connectivity index (χ3v) is 1.35. The van der Waals surface area contributed by atoms with Crippen LogP contribution in [-0.4, -0.2) is 18.6 Å². The van der Waals surface area contributed by atoms with Gasteiger partial charge in [-0.05, 0) is 12.8 Å². The maximum absolute atomic E-state index is 10.9. The maximum atomic E-state index is 10.9. The minimum atomic E-state index is -0.424. The van der Waals surface area contributed by atoms with Crippen LogP contribution in [0.2, 0.25) is 0 Å². The Bertz CT molecular complexity index is 115. The molecule has 0 spiro atoms. The Balaban J connectivity index is 3.47. The molecule has 0 aromatic carbocycles. The van der Waals surface area contributed by atoms with Crippen molar-refractivity contribution in [3.8, 4) is 0 Å². The van der Waals surface area contributed by atoms with E-state index in [4.69, 9.17) is 10.5 Å². The third kappa shape index (κ3) is 4.79. The van der Waals surface area contributed by atoms with Crippen LogP contribution in [0, 0.1) is 0 Å². The van der Waals surface area contributed by atoms with Crippen LogP contribution >= 0.6 is 0 Å². The van der Waals surface area contributed by atoms with Crippen LogP contribution in [0.4, 0.5) is 0 Å². The molecule has 0 aromatic rings. The van der Waals surface area contributed by atoms with Gasteiger partial charge in [0.15, 0.2) is 0 Å². The lowest BCUT2D eigenvalue weighted by atomic mass is 10.2. The monoisotopic (exact) mass is 159 g/mol. The maximum Gasteiger partial charge on any atom is 0.322 e. The van der Waals surface area contributed by atoms with Crippen LogP contribution in [0.25, 0.3) is 0 Å². The molecular weight excluding hydrogens is 142 g/mol. The van der Waals surface area contributed by atoms with Gasteiger partial charge in [-0.25, -0.2) is 0 Å². The largest absolute Gasteiger partial charge is 0.465 e. The van der Waals surface area contributed by atoms with Gasteiger partial charge < -0.3 is 10.5 Å². The van der Waals surface area contributed by atoms with Crippen molar-refractivity contribution in [1.29, 1.82) is 0 Å². The summed E-state index contributed by atoms with van der Waals surface area (Å²) in [4.78, 5) is 10.9. The van der Waals surface area contributed by atoms with Crippen molar-refractivity contribution in [2.45, 2.75) is 39.2 Å². The highest BCUT2D eigenvalue weighted by Crippen LogP contribution is 1.96. The molecule has 0 aliphatic rings. The van der Waals surface area contributed by atoms with Crippen LogP contribution < -0.4 is 5.73 Å². The number of ether oxygens (including phenoxy) is 1. The van der Waals surface area contributed by atoms with Gasteiger partial charge in [-0.2, -0.15) is 0 Å². The molecule has 0 amide bonds. The molecule has 3 nitrogen and oxygen atoms in total. The highest BCUT2D eigenvalue weighted by Gasteiger charge is 2.12. The summed E-state index contributed by atoms with van der Waals surface area (Å²) in [6.45, 7) is 4.43. The van der Waals surface area contributed by atoms with Gasteiger partial charge in [0.1, 0.15) is 6.04 Å². The summed E-state index contributed by atoms with van der Waals surface area (Å²) < 4.78 is 4.84. The highest BCUT2D eigenvalue weighted by molar-refractivity contribution is 5.75. The fraction of sp³-hybridized carbons (Fsp3) is 0.875. The molecule has 66 valence electrons. The van der Waals surface area contributed by atoms with E-state index in [9.17, 15) is 4.79 Å². The number of carbonyl (C=O) groups is 1. The van der Waals surface area contributed by atoms with E-state index in [1.165, 1.54) is 0 Å². The minimum absolute atomic E-state index is 0.270. The molecule has 0 aromatic heterocycles. The van der Waals surface area contributed by atoms with Gasteiger partial charge in [0.05, 0.1) is 6.61 Å². The Morgan fingerprint density at radius 2 is 2.09 bits per heavy atom. The fourth-order valence-electron chi connectivity index (χ4n) is 0.739. The predicted octanol–water partition coefficient (Wildman–Crippen LogP) is 1.07. The van der Waals surface area contributed by atoms with E-state index in [-0.39, 0.29) is 5.97 Å². The summed E-state index contributed by atoms with van der Waals surface area (Å²) in [5.41, 5.74) is 5.49. The summed E-state index contributed by atoms with van der Waals surface area (Å²) in [6, 6.07) is -0.424. The molecule has 0 aliphatic carbocycles. The Morgan fingerprint density at radius 3 is 2.55 bits per heavy atom. The number of carbonyl (C=O) groups excluding carboxylic acids is 1. The van der Waals surface area contributed by atoms with Crippen LogP contribution in [-0.2, 0) is 9.53 Å². The molecule has 0 fully saturated rings. The Labute approximate surface area is 67.9 Å². The molecule has 0 saturated heterocycles. The Hall–Kier alpha value is -0.570. The van der Waals surface area contributed by atoms with Crippen molar-refractivity contribution in [3.63, 3.8) is 0 Å². The van der Waals surface area contributed by atoms with Gasteiger partial charge in [-0.1, -0.05) is 20.3 Å². The first kappa shape index (κ1) is 10.4. The lowest BCUT2D eigenvalue weighted by Crippen LogP contribution is -2.32. The molecule has 11 heavy (non-hydrogen) atoms. The highest BCUT2D eigenvalue weighted by atomic mass is 16.5. The van der Waals surface area contributed by atoms with Gasteiger partial charge >= 0.3 is 5.97 Å². The molecule has 0 bridgehead atoms. The van der Waals surface area contributed by atoms with Crippen molar-refractivity contribution in [3.05, 3.63) is 0 Å². The zero-order chi connectivity index (χ0) is 8.69. The fourth-order valence-corrected chi connectivity index (χ4v) is 0.739. The van der Waals surface area contributed by atoms with Crippen molar-refractivity contribution < 1.29 is 9.53 Å². The number of hydrogen-bond acceptors (Lipinski definition) is 3. The average molecular weight is 159 g/mol. The van der Waals surface area contributed by atoms with E-state index in [0.29, 0.717) is 13.0 Å². The van der Waals surface area contributed by atoms with Crippen LogP contribution in [0.3, 0.4) is 0 Å². The normalized spacial score (nSPS) is 12.6. The van der Waals surface area contributed by atoms with Crippen LogP contribution in [0.15, 0.2) is 0 Å². The first-order valence-electron chi connectivity index (χ1n) is 4.14. The standard InChI is InChI=1S/C8H17NO2/c1-3-5-7(9)8(10)11-6-4-2/h7H,3-6,9H2,1-2H3. The summed E-state index contributed by atoms with van der Waals surface area (Å²) >= 11 is 0. The Morgan fingerprint density at radius 1 is 1.45 bits per heavy atom. The minimum Gasteiger partial charge on any atom is -0.465 e. The van der Waals surface area contributed by atoms with Crippen LogP contribution in [0.5, 0.6) is 0 Å². The summed E-state index contributed by atoms with van der Waals surface area (Å²) in [5, 5.41) is 0. The van der Waals surface area contributed by atoms with Gasteiger partial charge in [0.2, 0.25) is 0 Å². The van der Waals surface area contributed by atoms with Gasteiger partial charge in [0.25, 0.3) is 0 Å². The summed E-state index contributed by atoms with van der Waals surface area (Å²) in [7, 11) is 0. The first-order chi connectivity index (χ1) is 5.22. The second-order valence-electron chi connectivity index (χ2n) is 2.56. The second kappa shape index (κ2) is 6.16. The SMILES string of the molecule is CCCOC(=O)C(N)CCC. The van der Waals surface area contributed by atoms with Crippen molar-refractivity contribution >= 4 is 5.97 Å². The summed E-state index contributed by atoms with van der Waals surface area (Å²) in [5.74, 6) is -0.270. The van der Waals surface area contributed by atoms with Crippen molar-refractivity contribution in [1.82, 2.24) is 0 Å². The van der Waals surface area contributed by atoms with Gasteiger partial charge in [-0.15, -0.1) is 0 Å². The first-order valence-corrected chi connectivity index (χ1v) is 4.14. The third-order valence-electron chi connectivity index (χ3n) is 1.35. The van der Waals surface area contributed by atoms with E-state index in [0.717, 1.165) is 12.8 Å². The lowest BCUT2D eigenvalue weighted by Gasteiger charge is -2.08. The molecule has 0 radical (unpaired) electrons. The molecule has 0 rings (SSSR count). The molecule has 0 aliphatic heterocycles. The number of hydrogen-bond donors (Lipinski definition) is 1. The molecule has 0 heterocycles. The zero-order valence-electron chi connectivity index (χ0n) is 7.30. The summed E-state index contributed by atoms with van der Waals surface area (Å²) in [6.07, 6.45) is 2.48. The van der Waals surface area contributed by atoms with E-state index in [1.54, 1.807) is 0 Å². The molecule has 2 N–H and O–H groups in total. The smallest absolute Gasteiger partial charge is 0.322 e. The molecule has 1 atom stereocenters. The molecule has 3 heteroatoms. The van der Waals surface area contributed by atoms with E-state index >= 15 is 0 Å². The lowest BCUT2D eigenvalue weighted by molar-refractivity contribution is -0.145. The number of rotatable bonds is 5. The predicted molar refractivity (Wildman–Crippen MR) is 44.1 cm³/mol.